The van der Waals surface area contributed by atoms with Gasteiger partial charge in [-0.15, -0.1) is 0 Å². The van der Waals surface area contributed by atoms with Crippen LogP contribution in [0.2, 0.25) is 0 Å². The van der Waals surface area contributed by atoms with E-state index >= 15 is 0 Å². The van der Waals surface area contributed by atoms with Gasteiger partial charge in [-0.1, -0.05) is 12.1 Å². The largest absolute Gasteiger partial charge is 0.497 e. The highest BCUT2D eigenvalue weighted by Crippen LogP contribution is 2.16. The van der Waals surface area contributed by atoms with E-state index in [9.17, 15) is 4.79 Å². The van der Waals surface area contributed by atoms with Crippen molar-refractivity contribution in [3.05, 3.63) is 35.9 Å². The minimum atomic E-state index is 0.00627. The zero-order valence-corrected chi connectivity index (χ0v) is 11.1. The number of ether oxygens (including phenoxy) is 1. The number of amides is 1. The maximum Gasteiger partial charge on any atom is 0.246 e. The average molecular weight is 261 g/mol. The van der Waals surface area contributed by atoms with Gasteiger partial charge in [0.1, 0.15) is 5.75 Å². The van der Waals surface area contributed by atoms with E-state index in [0.717, 1.165) is 24.3 Å². The van der Waals surface area contributed by atoms with Gasteiger partial charge in [-0.2, -0.15) is 0 Å². The number of carbonyl (C=O) groups excluding carboxylic acids is 1. The summed E-state index contributed by atoms with van der Waals surface area (Å²) in [6, 6.07) is 7.54. The first-order valence-electron chi connectivity index (χ1n) is 6.45. The zero-order chi connectivity index (χ0) is 13.7. The summed E-state index contributed by atoms with van der Waals surface area (Å²) in [6.45, 7) is 1.55. The van der Waals surface area contributed by atoms with Crippen molar-refractivity contribution in [2.45, 2.75) is 6.42 Å². The molecule has 0 saturated carbocycles. The standard InChI is InChI=1S/C15H19NO3/c1-19-14-5-2-12(3-6-14)4-7-15(18)16-9-8-13(10-16)11-17/h2-7,13,17H,8-11H2,1H3. The lowest BCUT2D eigenvalue weighted by Gasteiger charge is -2.13. The molecule has 0 radical (unpaired) electrons. The summed E-state index contributed by atoms with van der Waals surface area (Å²) < 4.78 is 5.08. The second-order valence-electron chi connectivity index (χ2n) is 4.73. The van der Waals surface area contributed by atoms with Crippen LogP contribution in [0, 0.1) is 5.92 Å². The summed E-state index contributed by atoms with van der Waals surface area (Å²) in [5.74, 6) is 1.04. The fourth-order valence-corrected chi connectivity index (χ4v) is 2.17. The molecule has 1 fully saturated rings. The molecule has 1 heterocycles. The van der Waals surface area contributed by atoms with Crippen LogP contribution in [0.3, 0.4) is 0 Å². The second-order valence-corrected chi connectivity index (χ2v) is 4.73. The van der Waals surface area contributed by atoms with Crippen LogP contribution in [0.15, 0.2) is 30.3 Å². The van der Waals surface area contributed by atoms with Crippen LogP contribution < -0.4 is 4.74 Å². The molecule has 0 aliphatic carbocycles. The molecule has 0 aromatic heterocycles. The summed E-state index contributed by atoms with van der Waals surface area (Å²) in [4.78, 5) is 13.7. The lowest BCUT2D eigenvalue weighted by molar-refractivity contribution is -0.125. The Hall–Kier alpha value is -1.81. The lowest BCUT2D eigenvalue weighted by atomic mass is 10.1. The van der Waals surface area contributed by atoms with Crippen molar-refractivity contribution in [2.24, 2.45) is 5.92 Å². The van der Waals surface area contributed by atoms with Crippen LogP contribution >= 0.6 is 0 Å². The third kappa shape index (κ3) is 3.58. The zero-order valence-electron chi connectivity index (χ0n) is 11.1. The van der Waals surface area contributed by atoms with Crippen molar-refractivity contribution in [2.75, 3.05) is 26.8 Å². The highest BCUT2D eigenvalue weighted by molar-refractivity contribution is 5.91. The Balaban J connectivity index is 1.92. The smallest absolute Gasteiger partial charge is 0.246 e. The van der Waals surface area contributed by atoms with Crippen molar-refractivity contribution >= 4 is 12.0 Å². The van der Waals surface area contributed by atoms with Crippen LogP contribution in [0.4, 0.5) is 0 Å². The van der Waals surface area contributed by atoms with E-state index in [0.29, 0.717) is 6.54 Å². The Morgan fingerprint density at radius 2 is 2.21 bits per heavy atom. The van der Waals surface area contributed by atoms with Crippen molar-refractivity contribution in [3.63, 3.8) is 0 Å². The Kier molecular flexibility index (Phi) is 4.58. The summed E-state index contributed by atoms with van der Waals surface area (Å²) >= 11 is 0. The molecular formula is C15H19NO3. The van der Waals surface area contributed by atoms with Gasteiger partial charge in [-0.25, -0.2) is 0 Å². The molecule has 1 N–H and O–H groups in total. The molecule has 1 aliphatic heterocycles. The van der Waals surface area contributed by atoms with E-state index in [2.05, 4.69) is 0 Å². The highest BCUT2D eigenvalue weighted by Gasteiger charge is 2.23. The molecule has 4 heteroatoms. The van der Waals surface area contributed by atoms with E-state index in [4.69, 9.17) is 9.84 Å². The second kappa shape index (κ2) is 6.38. The molecule has 1 atom stereocenters. The fraction of sp³-hybridized carbons (Fsp3) is 0.400. The quantitative estimate of drug-likeness (QED) is 0.837. The van der Waals surface area contributed by atoms with Gasteiger partial charge in [0.15, 0.2) is 0 Å². The number of benzene rings is 1. The molecule has 1 aromatic rings. The number of methoxy groups -OCH3 is 1. The number of carbonyl (C=O) groups is 1. The molecule has 1 saturated heterocycles. The van der Waals surface area contributed by atoms with E-state index in [-0.39, 0.29) is 18.4 Å². The summed E-state index contributed by atoms with van der Waals surface area (Å²) in [6.07, 6.45) is 4.27. The first-order valence-corrected chi connectivity index (χ1v) is 6.45. The highest BCUT2D eigenvalue weighted by atomic mass is 16.5. The Morgan fingerprint density at radius 3 is 2.79 bits per heavy atom. The molecule has 1 aromatic carbocycles. The van der Waals surface area contributed by atoms with E-state index in [1.807, 2.05) is 24.3 Å². The van der Waals surface area contributed by atoms with Gasteiger partial charge < -0.3 is 14.7 Å². The molecule has 19 heavy (non-hydrogen) atoms. The van der Waals surface area contributed by atoms with Crippen molar-refractivity contribution in [3.8, 4) is 5.75 Å². The molecule has 1 amide bonds. The number of aliphatic hydroxyl groups is 1. The first kappa shape index (κ1) is 13.6. The molecule has 1 unspecified atom stereocenters. The van der Waals surface area contributed by atoms with E-state index < -0.39 is 0 Å². The molecular weight excluding hydrogens is 242 g/mol. The van der Waals surface area contributed by atoms with Crippen LogP contribution in [0.1, 0.15) is 12.0 Å². The Labute approximate surface area is 113 Å². The molecule has 2 rings (SSSR count). The number of rotatable bonds is 4. The lowest BCUT2D eigenvalue weighted by Crippen LogP contribution is -2.27. The van der Waals surface area contributed by atoms with Crippen LogP contribution in [-0.2, 0) is 4.79 Å². The summed E-state index contributed by atoms with van der Waals surface area (Å²) in [5, 5.41) is 9.06. The van der Waals surface area contributed by atoms with Crippen LogP contribution in [0.5, 0.6) is 5.75 Å². The van der Waals surface area contributed by atoms with Gasteiger partial charge in [0.05, 0.1) is 7.11 Å². The molecule has 1 aliphatic rings. The normalized spacial score (nSPS) is 19.1. The third-order valence-electron chi connectivity index (χ3n) is 3.39. The predicted molar refractivity (Wildman–Crippen MR) is 73.8 cm³/mol. The van der Waals surface area contributed by atoms with Crippen LogP contribution in [0.25, 0.3) is 6.08 Å². The third-order valence-corrected chi connectivity index (χ3v) is 3.39. The van der Waals surface area contributed by atoms with Gasteiger partial charge in [0.2, 0.25) is 5.91 Å². The Morgan fingerprint density at radius 1 is 1.47 bits per heavy atom. The van der Waals surface area contributed by atoms with Crippen molar-refractivity contribution in [1.82, 2.24) is 4.90 Å². The van der Waals surface area contributed by atoms with Gasteiger partial charge >= 0.3 is 0 Å². The van der Waals surface area contributed by atoms with Gasteiger partial charge in [-0.05, 0) is 30.2 Å². The molecule has 0 spiro atoms. The van der Waals surface area contributed by atoms with Crippen LogP contribution in [-0.4, -0.2) is 42.7 Å². The number of aliphatic hydroxyl groups excluding tert-OH is 1. The number of nitrogens with zero attached hydrogens (tertiary/aromatic N) is 1. The summed E-state index contributed by atoms with van der Waals surface area (Å²) in [7, 11) is 1.62. The molecule has 4 nitrogen and oxygen atoms in total. The predicted octanol–water partition coefficient (Wildman–Crippen LogP) is 1.55. The average Bonchev–Trinajstić information content (AvgIpc) is 2.94. The van der Waals surface area contributed by atoms with Gasteiger partial charge in [-0.3, -0.25) is 4.79 Å². The minimum Gasteiger partial charge on any atom is -0.497 e. The minimum absolute atomic E-state index is 0.00627. The van der Waals surface area contributed by atoms with E-state index in [1.54, 1.807) is 24.2 Å². The number of hydrogen-bond donors (Lipinski definition) is 1. The van der Waals surface area contributed by atoms with E-state index in [1.165, 1.54) is 0 Å². The first-order chi connectivity index (χ1) is 9.22. The molecule has 0 bridgehead atoms. The monoisotopic (exact) mass is 261 g/mol. The van der Waals surface area contributed by atoms with Gasteiger partial charge in [0.25, 0.3) is 0 Å². The fourth-order valence-electron chi connectivity index (χ4n) is 2.17. The molecule has 102 valence electrons. The maximum atomic E-state index is 11.9. The van der Waals surface area contributed by atoms with Gasteiger partial charge in [0, 0.05) is 31.7 Å². The summed E-state index contributed by atoms with van der Waals surface area (Å²) in [5.41, 5.74) is 0.965. The van der Waals surface area contributed by atoms with Crippen molar-refractivity contribution in [1.29, 1.82) is 0 Å². The van der Waals surface area contributed by atoms with Crippen molar-refractivity contribution < 1.29 is 14.6 Å². The number of likely N-dealkylation sites (tertiary alicyclic amines) is 1. The Bertz CT molecular complexity index is 453. The number of hydrogen-bond acceptors (Lipinski definition) is 3. The maximum absolute atomic E-state index is 11.9. The SMILES string of the molecule is COc1ccc(C=CC(=O)N2CCC(CO)C2)cc1. The topological polar surface area (TPSA) is 49.8 Å².